The van der Waals surface area contributed by atoms with Crippen molar-refractivity contribution in [2.75, 3.05) is 47.5 Å². The van der Waals surface area contributed by atoms with Crippen LogP contribution in [-0.4, -0.2) is 82.3 Å². The summed E-state index contributed by atoms with van der Waals surface area (Å²) in [5.74, 6) is -2.30. The number of ether oxygens (including phenoxy) is 4. The highest BCUT2D eigenvalue weighted by Gasteiger charge is 2.22. The fraction of sp³-hybridized carbons (Fsp3) is 0.631. The minimum Gasteiger partial charge on any atom is -0.545 e. The highest BCUT2D eigenvalue weighted by molar-refractivity contribution is 5.70. The van der Waals surface area contributed by atoms with Gasteiger partial charge in [0.2, 0.25) is 0 Å². The first-order chi connectivity index (χ1) is 45.6. The number of hydrogen-bond donors (Lipinski definition) is 0. The predicted molar refractivity (Wildman–Crippen MR) is 398 cm³/mol. The lowest BCUT2D eigenvalue weighted by atomic mass is 10.0. The second kappa shape index (κ2) is 72.5. The van der Waals surface area contributed by atoms with Gasteiger partial charge in [0, 0.05) is 12.8 Å². The van der Waals surface area contributed by atoms with E-state index in [0.29, 0.717) is 17.4 Å². The Hall–Kier alpha value is -5.35. The zero-order chi connectivity index (χ0) is 67.5. The van der Waals surface area contributed by atoms with E-state index in [2.05, 4.69) is 184 Å². The average molecular weight is 1290 g/mol. The molecule has 0 rings (SSSR count). The topological polar surface area (TPSA) is 111 Å². The third kappa shape index (κ3) is 73.9. The second-order valence-corrected chi connectivity index (χ2v) is 25.5. The molecule has 0 aromatic heterocycles. The summed E-state index contributed by atoms with van der Waals surface area (Å²) in [6.45, 7) is 4.52. The molecule has 0 N–H and O–H groups in total. The van der Waals surface area contributed by atoms with Crippen LogP contribution in [0.15, 0.2) is 170 Å². The Bertz CT molecular complexity index is 2140. The summed E-state index contributed by atoms with van der Waals surface area (Å²) in [5.41, 5.74) is 0. The van der Waals surface area contributed by atoms with Gasteiger partial charge >= 0.3 is 11.9 Å². The molecule has 0 aromatic rings. The highest BCUT2D eigenvalue weighted by Crippen LogP contribution is 2.17. The van der Waals surface area contributed by atoms with Crippen LogP contribution < -0.4 is 5.11 Å². The molecule has 0 amide bonds. The average Bonchev–Trinajstić information content (AvgIpc) is 3.38. The zero-order valence-electron chi connectivity index (χ0n) is 60.1. The molecule has 0 radical (unpaired) electrons. The van der Waals surface area contributed by atoms with Crippen LogP contribution in [0.3, 0.4) is 0 Å². The molecule has 0 aliphatic rings. The molecule has 0 heterocycles. The van der Waals surface area contributed by atoms with Gasteiger partial charge in [0.15, 0.2) is 12.4 Å². The molecular weight excluding hydrogens is 1150 g/mol. The highest BCUT2D eigenvalue weighted by atomic mass is 16.7. The Kier molecular flexibility index (Phi) is 68.3. The van der Waals surface area contributed by atoms with Gasteiger partial charge in [-0.1, -0.05) is 312 Å². The first kappa shape index (κ1) is 87.7. The number of rotatable bonds is 67. The summed E-state index contributed by atoms with van der Waals surface area (Å²) in [6.07, 6.45) is 106. The van der Waals surface area contributed by atoms with Crippen LogP contribution in [-0.2, 0) is 33.3 Å². The van der Waals surface area contributed by atoms with Gasteiger partial charge in [0.1, 0.15) is 13.2 Å². The molecule has 0 saturated carbocycles. The van der Waals surface area contributed by atoms with Crippen LogP contribution in [0.5, 0.6) is 0 Å². The van der Waals surface area contributed by atoms with Crippen LogP contribution in [0.1, 0.15) is 284 Å². The van der Waals surface area contributed by atoms with E-state index in [4.69, 9.17) is 18.9 Å². The van der Waals surface area contributed by atoms with E-state index in [1.165, 1.54) is 116 Å². The van der Waals surface area contributed by atoms with Crippen molar-refractivity contribution in [3.8, 4) is 0 Å². The maximum absolute atomic E-state index is 13.0. The molecular formula is C84H137NO8. The maximum atomic E-state index is 13.0. The van der Waals surface area contributed by atoms with E-state index < -0.39 is 24.3 Å². The molecule has 0 saturated heterocycles. The van der Waals surface area contributed by atoms with Crippen molar-refractivity contribution in [3.63, 3.8) is 0 Å². The second-order valence-electron chi connectivity index (χ2n) is 25.5. The number of nitrogens with zero attached hydrogens (tertiary/aromatic N) is 1. The Balaban J connectivity index is 4.14. The quantitative estimate of drug-likeness (QED) is 0.0195. The minimum atomic E-state index is -1.63. The van der Waals surface area contributed by atoms with Crippen LogP contribution >= 0.6 is 0 Å². The van der Waals surface area contributed by atoms with Crippen molar-refractivity contribution < 1.29 is 42.9 Å². The van der Waals surface area contributed by atoms with Gasteiger partial charge in [-0.05, 0) is 128 Å². The van der Waals surface area contributed by atoms with Crippen LogP contribution in [0.4, 0.5) is 0 Å². The summed E-state index contributed by atoms with van der Waals surface area (Å²) in [4.78, 5) is 37.6. The molecule has 2 unspecified atom stereocenters. The molecule has 93 heavy (non-hydrogen) atoms. The predicted octanol–water partition coefficient (Wildman–Crippen LogP) is 22.5. The van der Waals surface area contributed by atoms with E-state index in [-0.39, 0.29) is 38.6 Å². The summed E-state index contributed by atoms with van der Waals surface area (Å²) >= 11 is 0. The lowest BCUT2D eigenvalue weighted by Crippen LogP contribution is -2.44. The van der Waals surface area contributed by atoms with Crippen LogP contribution in [0, 0.1) is 0 Å². The number of likely N-dealkylation sites (N-methyl/N-ethyl adjacent to an activating group) is 1. The lowest BCUT2D eigenvalue weighted by Gasteiger charge is -2.26. The van der Waals surface area contributed by atoms with Gasteiger partial charge in [0.25, 0.3) is 0 Å². The van der Waals surface area contributed by atoms with E-state index in [9.17, 15) is 19.5 Å². The monoisotopic (exact) mass is 1290 g/mol. The fourth-order valence-corrected chi connectivity index (χ4v) is 9.85. The molecule has 0 fully saturated rings. The van der Waals surface area contributed by atoms with Crippen molar-refractivity contribution in [1.82, 2.24) is 0 Å². The number of unbranched alkanes of at least 4 members (excludes halogenated alkanes) is 24. The minimum absolute atomic E-state index is 0.140. The third-order valence-corrected chi connectivity index (χ3v) is 15.5. The molecule has 0 aromatic carbocycles. The number of carboxylic acids is 1. The standard InChI is InChI=1S/C84H137NO8/c1-6-8-10-12-14-16-18-20-22-24-26-28-30-32-34-35-36-37-38-39-40-41-42-43-44-45-46-47-49-51-53-55-57-59-61-63-65-67-69-71-73-75-82(87)93-80(79-92-84(83(88)89)90-77-76-85(3,4)5)78-91-81(86)74-72-70-68-66-64-62-60-58-56-54-52-50-48-33-31-29-27-25-23-21-19-17-15-13-11-9-7-2/h8-11,14-17,20-23,26-29,32,34,36-37,39-40,42-43,45-46,49,51,80,84H,6-7,12-13,18-19,24-25,30-31,33,35,38,41,44,47-48,50,52-79H2,1-5H3/b10-8-,11-9-,16-14-,17-15-,22-20-,23-21-,28-26-,29-27-,34-32-,37-36-,40-39-,43-42-,46-45-,51-49-. The molecule has 0 aliphatic heterocycles. The fourth-order valence-electron chi connectivity index (χ4n) is 9.85. The van der Waals surface area contributed by atoms with Crippen molar-refractivity contribution in [3.05, 3.63) is 170 Å². The molecule has 526 valence electrons. The molecule has 9 heteroatoms. The van der Waals surface area contributed by atoms with Gasteiger partial charge in [-0.3, -0.25) is 9.59 Å². The first-order valence-electron chi connectivity index (χ1n) is 37.3. The molecule has 9 nitrogen and oxygen atoms in total. The molecule has 2 atom stereocenters. The summed E-state index contributed by atoms with van der Waals surface area (Å²) in [6, 6.07) is 0. The van der Waals surface area contributed by atoms with Gasteiger partial charge in [-0.15, -0.1) is 0 Å². The number of quaternary nitrogens is 1. The van der Waals surface area contributed by atoms with Crippen LogP contribution in [0.25, 0.3) is 0 Å². The summed E-state index contributed by atoms with van der Waals surface area (Å²) < 4.78 is 22.8. The van der Waals surface area contributed by atoms with Gasteiger partial charge in [-0.2, -0.15) is 0 Å². The molecule has 0 aliphatic carbocycles. The van der Waals surface area contributed by atoms with Crippen LogP contribution in [0.2, 0.25) is 0 Å². The molecule has 0 bridgehead atoms. The van der Waals surface area contributed by atoms with Gasteiger partial charge < -0.3 is 33.3 Å². The largest absolute Gasteiger partial charge is 0.545 e. The van der Waals surface area contributed by atoms with E-state index in [0.717, 1.165) is 135 Å². The Morgan fingerprint density at radius 1 is 0.323 bits per heavy atom. The van der Waals surface area contributed by atoms with E-state index in [1.807, 2.05) is 21.1 Å². The van der Waals surface area contributed by atoms with Gasteiger partial charge in [0.05, 0.1) is 40.3 Å². The SMILES string of the molecule is CC/C=C\C/C=C\C/C=C\C/C=C\C/C=C\C/C=C\C/C=C\C/C=C\C/C=C\C/C=C\CCCCCCCCCCCCC(=O)OC(COC(=O)CCCCCCCCCCCCCCCC/C=C\C/C=C\C/C=C\C/C=C\CC)COC(OCC[N+](C)(C)C)C(=O)[O-]. The van der Waals surface area contributed by atoms with Crippen molar-refractivity contribution in [2.24, 2.45) is 0 Å². The first-order valence-corrected chi connectivity index (χ1v) is 37.3. The lowest BCUT2D eigenvalue weighted by molar-refractivity contribution is -0.870. The summed E-state index contributed by atoms with van der Waals surface area (Å²) in [5, 5.41) is 11.8. The zero-order valence-corrected chi connectivity index (χ0v) is 60.1. The number of carbonyl (C=O) groups excluding carboxylic acids is 3. The van der Waals surface area contributed by atoms with Crippen molar-refractivity contribution in [1.29, 1.82) is 0 Å². The van der Waals surface area contributed by atoms with Crippen molar-refractivity contribution in [2.45, 2.75) is 296 Å². The maximum Gasteiger partial charge on any atom is 0.306 e. The Labute approximate surface area is 571 Å². The third-order valence-electron chi connectivity index (χ3n) is 15.5. The number of aliphatic carboxylic acids is 1. The van der Waals surface area contributed by atoms with Crippen molar-refractivity contribution >= 4 is 17.9 Å². The Morgan fingerprint density at radius 3 is 0.860 bits per heavy atom. The van der Waals surface area contributed by atoms with Gasteiger partial charge in [-0.25, -0.2) is 0 Å². The summed E-state index contributed by atoms with van der Waals surface area (Å²) in [7, 11) is 5.92. The number of carbonyl (C=O) groups is 3. The van der Waals surface area contributed by atoms with E-state index in [1.54, 1.807) is 0 Å². The normalized spacial score (nSPS) is 13.7. The molecule has 0 spiro atoms. The van der Waals surface area contributed by atoms with E-state index >= 15 is 0 Å². The smallest absolute Gasteiger partial charge is 0.306 e. The number of allylic oxidation sites excluding steroid dienone is 28. The number of hydrogen-bond acceptors (Lipinski definition) is 8. The number of esters is 2. The number of carboxylic acid groups (broad SMARTS) is 1. The Morgan fingerprint density at radius 2 is 0.581 bits per heavy atom.